The number of Topliss-reactive ketones (excluding diaryl/α,β-unsaturated/α-hetero) is 1. The number of benzene rings is 3. The molecule has 1 aromatic heterocycles. The Bertz CT molecular complexity index is 1380. The van der Waals surface area contributed by atoms with Crippen LogP contribution >= 0.6 is 11.3 Å². The van der Waals surface area contributed by atoms with E-state index in [1.54, 1.807) is 43.5 Å². The van der Waals surface area contributed by atoms with Crippen LogP contribution in [0.1, 0.15) is 16.8 Å². The Morgan fingerprint density at radius 2 is 1.82 bits per heavy atom. The lowest BCUT2D eigenvalue weighted by Gasteiger charge is -2.08. The normalized spacial score (nSPS) is 17.0. The number of thiazole rings is 1. The predicted molar refractivity (Wildman–Crippen MR) is 125 cm³/mol. The minimum atomic E-state index is -0.931. The van der Waals surface area contributed by atoms with Gasteiger partial charge >= 0.3 is 5.97 Å². The molecule has 6 nitrogen and oxygen atoms in total. The number of carboxylic acid groups (broad SMARTS) is 1. The van der Waals surface area contributed by atoms with E-state index in [2.05, 4.69) is 10.3 Å². The second kappa shape index (κ2) is 8.29. The average Bonchev–Trinajstić information content (AvgIpc) is 3.53. The average molecular weight is 463 g/mol. The molecule has 33 heavy (non-hydrogen) atoms. The summed E-state index contributed by atoms with van der Waals surface area (Å²) in [4.78, 5) is 27.9. The van der Waals surface area contributed by atoms with Gasteiger partial charge in [0.1, 0.15) is 11.6 Å². The second-order valence-electron chi connectivity index (χ2n) is 7.90. The van der Waals surface area contributed by atoms with Crippen molar-refractivity contribution < 1.29 is 23.8 Å². The van der Waals surface area contributed by atoms with Gasteiger partial charge in [-0.15, -0.1) is 0 Å². The van der Waals surface area contributed by atoms with Gasteiger partial charge < -0.3 is 15.2 Å². The highest BCUT2D eigenvalue weighted by molar-refractivity contribution is 7.22. The molecule has 5 rings (SSSR count). The molecule has 0 saturated heterocycles. The largest absolute Gasteiger partial charge is 0.497 e. The van der Waals surface area contributed by atoms with Crippen molar-refractivity contribution in [1.29, 1.82) is 0 Å². The molecule has 1 aliphatic rings. The summed E-state index contributed by atoms with van der Waals surface area (Å²) in [5, 5.41) is 12.6. The number of nitrogens with one attached hydrogen (secondary N) is 1. The van der Waals surface area contributed by atoms with Crippen LogP contribution in [0.25, 0.3) is 21.3 Å². The molecule has 0 bridgehead atoms. The molecule has 166 valence electrons. The van der Waals surface area contributed by atoms with Crippen molar-refractivity contribution in [2.75, 3.05) is 12.4 Å². The molecule has 1 saturated carbocycles. The van der Waals surface area contributed by atoms with Gasteiger partial charge in [0.25, 0.3) is 0 Å². The van der Waals surface area contributed by atoms with Crippen molar-refractivity contribution in [3.8, 4) is 16.9 Å². The lowest BCUT2D eigenvalue weighted by atomic mass is 10.00. The third kappa shape index (κ3) is 4.17. The minimum absolute atomic E-state index is 0.159. The second-order valence-corrected chi connectivity index (χ2v) is 8.93. The van der Waals surface area contributed by atoms with E-state index in [1.807, 2.05) is 18.2 Å². The van der Waals surface area contributed by atoms with E-state index in [4.69, 9.17) is 9.84 Å². The van der Waals surface area contributed by atoms with Crippen molar-refractivity contribution in [2.45, 2.75) is 6.42 Å². The number of hydrogen-bond donors (Lipinski definition) is 2. The maximum atomic E-state index is 14.8. The monoisotopic (exact) mass is 462 g/mol. The van der Waals surface area contributed by atoms with Crippen LogP contribution in [0.2, 0.25) is 0 Å². The molecule has 1 aliphatic carbocycles. The number of carbonyl (C=O) groups is 2. The Kier molecular flexibility index (Phi) is 5.30. The van der Waals surface area contributed by atoms with Crippen molar-refractivity contribution >= 4 is 44.1 Å². The van der Waals surface area contributed by atoms with Gasteiger partial charge in [-0.3, -0.25) is 9.59 Å². The van der Waals surface area contributed by atoms with E-state index >= 15 is 0 Å². The Morgan fingerprint density at radius 1 is 1.06 bits per heavy atom. The molecular weight excluding hydrogens is 443 g/mol. The topological polar surface area (TPSA) is 88.5 Å². The first-order chi connectivity index (χ1) is 15.9. The standard InChI is InChI=1S/C25H19FN2O4S/c1-32-16-7-9-21-22(11-16)33-25(28-21)27-20-8-6-15(10-19(20)26)13-2-4-14(5-3-13)23(29)17-12-18(17)24(30)31/h2-11,17-18H,12H2,1H3,(H,27,28)(H,30,31)/t17-,18?/m1/s1. The Morgan fingerprint density at radius 3 is 2.48 bits per heavy atom. The van der Waals surface area contributed by atoms with E-state index in [9.17, 15) is 14.0 Å². The number of aromatic nitrogens is 1. The smallest absolute Gasteiger partial charge is 0.307 e. The van der Waals surface area contributed by atoms with Gasteiger partial charge in [0.15, 0.2) is 10.9 Å². The zero-order valence-corrected chi connectivity index (χ0v) is 18.4. The highest BCUT2D eigenvalue weighted by atomic mass is 32.1. The molecule has 2 N–H and O–H groups in total. The van der Waals surface area contributed by atoms with Crippen LogP contribution in [0.5, 0.6) is 5.75 Å². The summed E-state index contributed by atoms with van der Waals surface area (Å²) in [6.07, 6.45) is 0.387. The Hall–Kier alpha value is -3.78. The lowest BCUT2D eigenvalue weighted by Crippen LogP contribution is -2.08. The van der Waals surface area contributed by atoms with E-state index in [0.717, 1.165) is 21.5 Å². The molecule has 1 fully saturated rings. The maximum absolute atomic E-state index is 14.8. The molecule has 0 radical (unpaired) electrons. The van der Waals surface area contributed by atoms with Crippen molar-refractivity contribution in [1.82, 2.24) is 4.98 Å². The fourth-order valence-corrected chi connectivity index (χ4v) is 4.70. The molecule has 1 heterocycles. The van der Waals surface area contributed by atoms with E-state index in [-0.39, 0.29) is 5.78 Å². The van der Waals surface area contributed by atoms with Gasteiger partial charge in [-0.1, -0.05) is 41.7 Å². The summed E-state index contributed by atoms with van der Waals surface area (Å²) in [6, 6.07) is 17.3. The van der Waals surface area contributed by atoms with Crippen molar-refractivity contribution in [3.63, 3.8) is 0 Å². The molecule has 3 aromatic carbocycles. The summed E-state index contributed by atoms with van der Waals surface area (Å²) in [5.41, 5.74) is 3.01. The van der Waals surface area contributed by atoms with Crippen LogP contribution in [-0.4, -0.2) is 29.0 Å². The number of halogens is 1. The SMILES string of the molecule is COc1ccc2nc(Nc3ccc(-c4ccc(C(=O)[C@@H]5CC5C(=O)O)cc4)cc3F)sc2c1. The third-order valence-electron chi connectivity index (χ3n) is 5.75. The fourth-order valence-electron chi connectivity index (χ4n) is 3.80. The van der Waals surface area contributed by atoms with E-state index < -0.39 is 23.6 Å². The molecule has 1 unspecified atom stereocenters. The quantitative estimate of drug-likeness (QED) is 0.340. The first-order valence-corrected chi connectivity index (χ1v) is 11.1. The number of anilines is 2. The van der Waals surface area contributed by atoms with Crippen LogP contribution in [0.4, 0.5) is 15.2 Å². The highest BCUT2D eigenvalue weighted by Gasteiger charge is 2.48. The Balaban J connectivity index is 1.31. The van der Waals surface area contributed by atoms with Gasteiger partial charge in [-0.2, -0.15) is 0 Å². The first kappa shape index (κ1) is 21.1. The fraction of sp³-hybridized carbons (Fsp3) is 0.160. The summed E-state index contributed by atoms with van der Waals surface area (Å²) in [7, 11) is 1.60. The van der Waals surface area contributed by atoms with Crippen molar-refractivity contribution in [3.05, 3.63) is 72.0 Å². The highest BCUT2D eigenvalue weighted by Crippen LogP contribution is 2.41. The lowest BCUT2D eigenvalue weighted by molar-refractivity contribution is -0.138. The third-order valence-corrected chi connectivity index (χ3v) is 6.69. The predicted octanol–water partition coefficient (Wildman–Crippen LogP) is 5.76. The molecule has 0 aliphatic heterocycles. The number of nitrogens with zero attached hydrogens (tertiary/aromatic N) is 1. The minimum Gasteiger partial charge on any atom is -0.497 e. The number of fused-ring (bicyclic) bond motifs is 1. The van der Waals surface area contributed by atoms with Crippen molar-refractivity contribution in [2.24, 2.45) is 11.8 Å². The summed E-state index contributed by atoms with van der Waals surface area (Å²) in [5.74, 6) is -1.80. The van der Waals surface area contributed by atoms with Crippen LogP contribution in [0.3, 0.4) is 0 Å². The molecule has 0 spiro atoms. The Labute approximate surface area is 192 Å². The van der Waals surface area contributed by atoms with Crippen LogP contribution in [0.15, 0.2) is 60.7 Å². The van der Waals surface area contributed by atoms with Crippen LogP contribution in [0, 0.1) is 17.7 Å². The molecule has 8 heteroatoms. The molecular formula is C25H19FN2O4S. The van der Waals surface area contributed by atoms with Gasteiger partial charge in [-0.25, -0.2) is 9.37 Å². The summed E-state index contributed by atoms with van der Waals surface area (Å²) < 4.78 is 21.0. The van der Waals surface area contributed by atoms with E-state index in [0.29, 0.717) is 28.4 Å². The molecule has 4 aromatic rings. The maximum Gasteiger partial charge on any atom is 0.307 e. The van der Waals surface area contributed by atoms with E-state index in [1.165, 1.54) is 17.4 Å². The van der Waals surface area contributed by atoms with Crippen LogP contribution in [-0.2, 0) is 4.79 Å². The number of carbonyl (C=O) groups excluding carboxylic acids is 1. The van der Waals surface area contributed by atoms with Gasteiger partial charge in [0.05, 0.1) is 28.9 Å². The zero-order chi connectivity index (χ0) is 23.1. The number of ether oxygens (including phenoxy) is 1. The number of hydrogen-bond acceptors (Lipinski definition) is 6. The summed E-state index contributed by atoms with van der Waals surface area (Å²) in [6.45, 7) is 0. The number of methoxy groups -OCH3 is 1. The molecule has 2 atom stereocenters. The van der Waals surface area contributed by atoms with Gasteiger partial charge in [0.2, 0.25) is 0 Å². The molecule has 0 amide bonds. The van der Waals surface area contributed by atoms with Crippen LogP contribution < -0.4 is 10.1 Å². The van der Waals surface area contributed by atoms with Gasteiger partial charge in [-0.05, 0) is 47.9 Å². The first-order valence-electron chi connectivity index (χ1n) is 10.3. The van der Waals surface area contributed by atoms with Gasteiger partial charge in [0, 0.05) is 11.5 Å². The number of carboxylic acids is 1. The number of aliphatic carboxylic acids is 1. The zero-order valence-electron chi connectivity index (χ0n) is 17.5. The summed E-state index contributed by atoms with van der Waals surface area (Å²) >= 11 is 1.41. The number of rotatable bonds is 7. The number of ketones is 1.